The lowest BCUT2D eigenvalue weighted by Crippen LogP contribution is -2.34. The fraction of sp³-hybridized carbons (Fsp3) is 0.500. The second-order valence-corrected chi connectivity index (χ2v) is 5.12. The highest BCUT2D eigenvalue weighted by atomic mass is 19.4. The largest absolute Gasteiger partial charge is 0.418 e. The lowest BCUT2D eigenvalue weighted by atomic mass is 10.1. The molecule has 1 fully saturated rings. The number of nitrogens with zero attached hydrogens (tertiary/aromatic N) is 2. The molecular formula is C14H18F3N3O. The number of anilines is 2. The zero-order chi connectivity index (χ0) is 15.6. The molecule has 1 aliphatic rings. The van der Waals surface area contributed by atoms with Gasteiger partial charge in [-0.3, -0.25) is 4.79 Å². The first-order valence-electron chi connectivity index (χ1n) is 6.76. The molecule has 0 saturated carbocycles. The van der Waals surface area contributed by atoms with Gasteiger partial charge in [-0.2, -0.15) is 13.2 Å². The number of carbonyl (C=O) groups is 1. The van der Waals surface area contributed by atoms with Gasteiger partial charge >= 0.3 is 6.18 Å². The highest BCUT2D eigenvalue weighted by Crippen LogP contribution is 2.38. The molecule has 4 nitrogen and oxygen atoms in total. The first-order chi connectivity index (χ1) is 9.79. The Morgan fingerprint density at radius 2 is 1.90 bits per heavy atom. The van der Waals surface area contributed by atoms with Gasteiger partial charge in [-0.1, -0.05) is 0 Å². The van der Waals surface area contributed by atoms with Crippen LogP contribution in [0.5, 0.6) is 0 Å². The van der Waals surface area contributed by atoms with Crippen LogP contribution in [0.25, 0.3) is 0 Å². The van der Waals surface area contributed by atoms with Gasteiger partial charge in [-0.05, 0) is 24.6 Å². The Morgan fingerprint density at radius 3 is 2.52 bits per heavy atom. The van der Waals surface area contributed by atoms with Crippen LogP contribution in [-0.4, -0.2) is 37.0 Å². The van der Waals surface area contributed by atoms with Crippen LogP contribution in [0.2, 0.25) is 0 Å². The lowest BCUT2D eigenvalue weighted by Gasteiger charge is -2.26. The topological polar surface area (TPSA) is 49.6 Å². The molecule has 1 amide bonds. The Morgan fingerprint density at radius 1 is 1.19 bits per heavy atom. The van der Waals surface area contributed by atoms with Crippen molar-refractivity contribution in [3.8, 4) is 0 Å². The Labute approximate surface area is 121 Å². The molecule has 0 radical (unpaired) electrons. The highest BCUT2D eigenvalue weighted by molar-refractivity contribution is 5.73. The van der Waals surface area contributed by atoms with Gasteiger partial charge < -0.3 is 15.5 Å². The van der Waals surface area contributed by atoms with Crippen molar-refractivity contribution in [2.24, 2.45) is 0 Å². The molecule has 1 aliphatic heterocycles. The van der Waals surface area contributed by atoms with Crippen LogP contribution in [-0.2, 0) is 11.0 Å². The molecule has 0 aromatic heterocycles. The number of amides is 1. The minimum atomic E-state index is -4.45. The molecular weight excluding hydrogens is 283 g/mol. The third kappa shape index (κ3) is 3.59. The highest BCUT2D eigenvalue weighted by Gasteiger charge is 2.35. The number of nitrogens with two attached hydrogens (primary N) is 1. The molecule has 0 spiro atoms. The van der Waals surface area contributed by atoms with Crippen LogP contribution in [0.15, 0.2) is 18.2 Å². The number of carbonyl (C=O) groups excluding carboxylic acids is 1. The van der Waals surface area contributed by atoms with Crippen molar-refractivity contribution < 1.29 is 18.0 Å². The average molecular weight is 301 g/mol. The molecule has 1 heterocycles. The van der Waals surface area contributed by atoms with Crippen molar-refractivity contribution in [1.82, 2.24) is 4.90 Å². The molecule has 1 aromatic carbocycles. The van der Waals surface area contributed by atoms with E-state index in [9.17, 15) is 18.0 Å². The Kier molecular flexibility index (Phi) is 4.29. The van der Waals surface area contributed by atoms with Crippen LogP contribution in [0, 0.1) is 0 Å². The average Bonchev–Trinajstić information content (AvgIpc) is 2.63. The van der Waals surface area contributed by atoms with Gasteiger partial charge in [0.2, 0.25) is 5.91 Å². The van der Waals surface area contributed by atoms with Gasteiger partial charge in [-0.25, -0.2) is 0 Å². The smallest absolute Gasteiger partial charge is 0.399 e. The number of halogens is 3. The number of benzene rings is 1. The number of alkyl halides is 3. The standard InChI is InChI=1S/C14H18F3N3O/c1-10(21)19-5-2-6-20(8-7-19)13-4-3-11(18)9-12(13)14(15,16)17/h3-4,9H,2,5-8,18H2,1H3. The van der Waals surface area contributed by atoms with Gasteiger partial charge in [0.15, 0.2) is 0 Å². The van der Waals surface area contributed by atoms with E-state index in [0.29, 0.717) is 32.6 Å². The summed E-state index contributed by atoms with van der Waals surface area (Å²) in [4.78, 5) is 14.7. The molecule has 116 valence electrons. The molecule has 0 bridgehead atoms. The molecule has 0 atom stereocenters. The van der Waals surface area contributed by atoms with E-state index in [-0.39, 0.29) is 17.3 Å². The second kappa shape index (κ2) is 5.83. The number of hydrogen-bond donors (Lipinski definition) is 1. The van der Waals surface area contributed by atoms with Crippen molar-refractivity contribution in [2.45, 2.75) is 19.5 Å². The lowest BCUT2D eigenvalue weighted by molar-refractivity contribution is -0.137. The summed E-state index contributed by atoms with van der Waals surface area (Å²) >= 11 is 0. The van der Waals surface area contributed by atoms with Gasteiger partial charge in [-0.15, -0.1) is 0 Å². The Hall–Kier alpha value is -1.92. The van der Waals surface area contributed by atoms with Crippen molar-refractivity contribution >= 4 is 17.3 Å². The maximum absolute atomic E-state index is 13.1. The molecule has 1 saturated heterocycles. The van der Waals surface area contributed by atoms with E-state index in [1.165, 1.54) is 19.1 Å². The van der Waals surface area contributed by atoms with E-state index in [0.717, 1.165) is 6.07 Å². The summed E-state index contributed by atoms with van der Waals surface area (Å²) in [5.74, 6) is -0.0507. The minimum Gasteiger partial charge on any atom is -0.399 e. The maximum Gasteiger partial charge on any atom is 0.418 e. The van der Waals surface area contributed by atoms with Crippen LogP contribution in [0.1, 0.15) is 18.9 Å². The Balaban J connectivity index is 2.28. The quantitative estimate of drug-likeness (QED) is 0.810. The van der Waals surface area contributed by atoms with Gasteiger partial charge in [0.05, 0.1) is 5.56 Å². The summed E-state index contributed by atoms with van der Waals surface area (Å²) in [6, 6.07) is 3.84. The Bertz CT molecular complexity index is 531. The molecule has 1 aromatic rings. The van der Waals surface area contributed by atoms with E-state index in [1.807, 2.05) is 0 Å². The predicted molar refractivity (Wildman–Crippen MR) is 74.9 cm³/mol. The summed E-state index contributed by atoms with van der Waals surface area (Å²) < 4.78 is 39.4. The normalized spacial score (nSPS) is 16.8. The molecule has 2 N–H and O–H groups in total. The summed E-state index contributed by atoms with van der Waals surface area (Å²) in [5, 5.41) is 0. The second-order valence-electron chi connectivity index (χ2n) is 5.12. The van der Waals surface area contributed by atoms with E-state index >= 15 is 0 Å². The van der Waals surface area contributed by atoms with Crippen molar-refractivity contribution in [1.29, 1.82) is 0 Å². The fourth-order valence-electron chi connectivity index (χ4n) is 2.53. The molecule has 0 unspecified atom stereocenters. The van der Waals surface area contributed by atoms with Crippen molar-refractivity contribution in [3.63, 3.8) is 0 Å². The van der Waals surface area contributed by atoms with E-state index in [4.69, 9.17) is 5.73 Å². The number of rotatable bonds is 1. The van der Waals surface area contributed by atoms with E-state index in [2.05, 4.69) is 0 Å². The summed E-state index contributed by atoms with van der Waals surface area (Å²) in [5.41, 5.74) is 4.97. The zero-order valence-electron chi connectivity index (χ0n) is 11.8. The third-order valence-corrected chi connectivity index (χ3v) is 3.61. The van der Waals surface area contributed by atoms with E-state index in [1.54, 1.807) is 9.80 Å². The van der Waals surface area contributed by atoms with E-state index < -0.39 is 11.7 Å². The van der Waals surface area contributed by atoms with Crippen LogP contribution < -0.4 is 10.6 Å². The molecule has 21 heavy (non-hydrogen) atoms. The minimum absolute atomic E-state index is 0.0507. The first kappa shape index (κ1) is 15.5. The molecule has 0 aliphatic carbocycles. The summed E-state index contributed by atoms with van der Waals surface area (Å²) in [6.45, 7) is 3.34. The van der Waals surface area contributed by atoms with Crippen LogP contribution in [0.4, 0.5) is 24.5 Å². The van der Waals surface area contributed by atoms with Gasteiger partial charge in [0.25, 0.3) is 0 Å². The monoisotopic (exact) mass is 301 g/mol. The number of nitrogen functional groups attached to an aromatic ring is 1. The van der Waals surface area contributed by atoms with Gasteiger partial charge in [0, 0.05) is 44.5 Å². The number of hydrogen-bond acceptors (Lipinski definition) is 3. The fourth-order valence-corrected chi connectivity index (χ4v) is 2.53. The molecule has 2 rings (SSSR count). The maximum atomic E-state index is 13.1. The third-order valence-electron chi connectivity index (χ3n) is 3.61. The zero-order valence-corrected chi connectivity index (χ0v) is 11.8. The van der Waals surface area contributed by atoms with Crippen molar-refractivity contribution in [3.05, 3.63) is 23.8 Å². The van der Waals surface area contributed by atoms with Crippen LogP contribution in [0.3, 0.4) is 0 Å². The summed E-state index contributed by atoms with van der Waals surface area (Å²) in [6.07, 6.45) is -3.81. The first-order valence-corrected chi connectivity index (χ1v) is 6.76. The summed E-state index contributed by atoms with van der Waals surface area (Å²) in [7, 11) is 0. The van der Waals surface area contributed by atoms with Gasteiger partial charge in [0.1, 0.15) is 0 Å². The van der Waals surface area contributed by atoms with Crippen LogP contribution >= 0.6 is 0 Å². The van der Waals surface area contributed by atoms with Crippen molar-refractivity contribution in [2.75, 3.05) is 36.8 Å². The SMILES string of the molecule is CC(=O)N1CCCN(c2ccc(N)cc2C(F)(F)F)CC1. The molecule has 7 heteroatoms. The predicted octanol–water partition coefficient (Wildman–Crippen LogP) is 2.35.